The molecule has 1 aromatic rings. The van der Waals surface area contributed by atoms with Crippen LogP contribution in [0.5, 0.6) is 11.5 Å². The molecule has 6 heteroatoms. The molecule has 0 aliphatic rings. The minimum absolute atomic E-state index is 0.216. The molecule has 1 amide bonds. The molecule has 0 aliphatic heterocycles. The molecule has 6 nitrogen and oxygen atoms in total. The van der Waals surface area contributed by atoms with Gasteiger partial charge in [0.1, 0.15) is 18.0 Å². The highest BCUT2D eigenvalue weighted by Gasteiger charge is 2.13. The summed E-state index contributed by atoms with van der Waals surface area (Å²) in [6, 6.07) is 5.36. The number of aliphatic carboxylic acids is 1. The quantitative estimate of drug-likeness (QED) is 0.812. The fraction of sp³-hybridized carbons (Fsp3) is 0.429. The van der Waals surface area contributed by atoms with Crippen molar-refractivity contribution in [1.29, 1.82) is 0 Å². The van der Waals surface area contributed by atoms with E-state index in [4.69, 9.17) is 14.6 Å². The lowest BCUT2D eigenvalue weighted by molar-refractivity contribution is -0.143. The molecule has 0 saturated heterocycles. The van der Waals surface area contributed by atoms with Gasteiger partial charge in [0.15, 0.2) is 0 Å². The van der Waals surface area contributed by atoms with Crippen molar-refractivity contribution in [3.05, 3.63) is 23.8 Å². The third kappa shape index (κ3) is 4.46. The maximum atomic E-state index is 11.8. The topological polar surface area (TPSA) is 76.1 Å². The van der Waals surface area contributed by atoms with Gasteiger partial charge in [-0.1, -0.05) is 0 Å². The van der Waals surface area contributed by atoms with E-state index in [1.165, 1.54) is 11.9 Å². The first-order chi connectivity index (χ1) is 9.47. The minimum atomic E-state index is -1.03. The van der Waals surface area contributed by atoms with E-state index in [2.05, 4.69) is 0 Å². The van der Waals surface area contributed by atoms with Gasteiger partial charge in [-0.3, -0.25) is 9.59 Å². The lowest BCUT2D eigenvalue weighted by atomic mass is 10.1. The molecular formula is C14H19NO5. The largest absolute Gasteiger partial charge is 0.497 e. The second-order valence-corrected chi connectivity index (χ2v) is 4.32. The first kappa shape index (κ1) is 15.8. The Morgan fingerprint density at radius 3 is 2.50 bits per heavy atom. The summed E-state index contributed by atoms with van der Waals surface area (Å²) in [5.74, 6) is 0.115. The lowest BCUT2D eigenvalue weighted by Crippen LogP contribution is -2.32. The monoisotopic (exact) mass is 281 g/mol. The SMILES string of the molecule is COc1ccc(OC)c(CCC(=O)N(C)CC(=O)O)c1. The van der Waals surface area contributed by atoms with Gasteiger partial charge in [0.05, 0.1) is 14.2 Å². The lowest BCUT2D eigenvalue weighted by Gasteiger charge is -2.15. The molecule has 1 rings (SSSR count). The summed E-state index contributed by atoms with van der Waals surface area (Å²) in [6.07, 6.45) is 0.677. The van der Waals surface area contributed by atoms with E-state index in [0.717, 1.165) is 5.56 Å². The van der Waals surface area contributed by atoms with Crippen LogP contribution in [0.25, 0.3) is 0 Å². The molecule has 0 radical (unpaired) electrons. The Kier molecular flexibility index (Phi) is 5.83. The summed E-state index contributed by atoms with van der Waals surface area (Å²) in [4.78, 5) is 23.5. The summed E-state index contributed by atoms with van der Waals surface area (Å²) in [7, 11) is 4.60. The van der Waals surface area contributed by atoms with Crippen molar-refractivity contribution < 1.29 is 24.2 Å². The van der Waals surface area contributed by atoms with Crippen molar-refractivity contribution in [3.63, 3.8) is 0 Å². The number of hydrogen-bond acceptors (Lipinski definition) is 4. The van der Waals surface area contributed by atoms with Crippen LogP contribution in [0.2, 0.25) is 0 Å². The van der Waals surface area contributed by atoms with Crippen LogP contribution in [0.3, 0.4) is 0 Å². The summed E-state index contributed by atoms with van der Waals surface area (Å²) in [6.45, 7) is -0.298. The number of methoxy groups -OCH3 is 2. The third-order valence-electron chi connectivity index (χ3n) is 2.89. The van der Waals surface area contributed by atoms with E-state index >= 15 is 0 Å². The molecule has 0 heterocycles. The Morgan fingerprint density at radius 1 is 1.25 bits per heavy atom. The number of hydrogen-bond donors (Lipinski definition) is 1. The molecule has 0 spiro atoms. The molecule has 0 atom stereocenters. The van der Waals surface area contributed by atoms with Gasteiger partial charge in [0.25, 0.3) is 0 Å². The van der Waals surface area contributed by atoms with Crippen LogP contribution in [0.4, 0.5) is 0 Å². The molecule has 0 aliphatic carbocycles. The van der Waals surface area contributed by atoms with Gasteiger partial charge in [-0.25, -0.2) is 0 Å². The van der Waals surface area contributed by atoms with Gasteiger partial charge >= 0.3 is 5.97 Å². The predicted octanol–water partition coefficient (Wildman–Crippen LogP) is 1.18. The highest BCUT2D eigenvalue weighted by molar-refractivity contribution is 5.81. The number of aryl methyl sites for hydroxylation is 1. The normalized spacial score (nSPS) is 9.95. The minimum Gasteiger partial charge on any atom is -0.497 e. The number of nitrogens with zero attached hydrogens (tertiary/aromatic N) is 1. The van der Waals surface area contributed by atoms with Gasteiger partial charge in [-0.2, -0.15) is 0 Å². The van der Waals surface area contributed by atoms with Crippen molar-refractivity contribution in [1.82, 2.24) is 4.90 Å². The van der Waals surface area contributed by atoms with E-state index in [1.54, 1.807) is 26.4 Å². The number of carbonyl (C=O) groups excluding carboxylic acids is 1. The summed E-state index contributed by atoms with van der Waals surface area (Å²) in [5.41, 5.74) is 0.851. The van der Waals surface area contributed by atoms with E-state index in [0.29, 0.717) is 17.9 Å². The summed E-state index contributed by atoms with van der Waals surface area (Å²) >= 11 is 0. The van der Waals surface area contributed by atoms with Crippen molar-refractivity contribution >= 4 is 11.9 Å². The average Bonchev–Trinajstić information content (AvgIpc) is 2.43. The maximum Gasteiger partial charge on any atom is 0.323 e. The maximum absolute atomic E-state index is 11.8. The number of likely N-dealkylation sites (N-methyl/N-ethyl adjacent to an activating group) is 1. The molecule has 0 aromatic heterocycles. The van der Waals surface area contributed by atoms with Crippen LogP contribution in [0.1, 0.15) is 12.0 Å². The number of amides is 1. The fourth-order valence-corrected chi connectivity index (χ4v) is 1.80. The molecule has 1 N–H and O–H groups in total. The third-order valence-corrected chi connectivity index (χ3v) is 2.89. The smallest absolute Gasteiger partial charge is 0.323 e. The second-order valence-electron chi connectivity index (χ2n) is 4.32. The van der Waals surface area contributed by atoms with Crippen LogP contribution in [-0.4, -0.2) is 49.7 Å². The van der Waals surface area contributed by atoms with Gasteiger partial charge in [0, 0.05) is 13.5 Å². The number of carbonyl (C=O) groups is 2. The molecule has 0 fully saturated rings. The number of carboxylic acids is 1. The molecule has 110 valence electrons. The van der Waals surface area contributed by atoms with Crippen LogP contribution >= 0.6 is 0 Å². The van der Waals surface area contributed by atoms with Crippen molar-refractivity contribution in [2.24, 2.45) is 0 Å². The fourth-order valence-electron chi connectivity index (χ4n) is 1.80. The highest BCUT2D eigenvalue weighted by atomic mass is 16.5. The Bertz CT molecular complexity index is 486. The number of rotatable bonds is 7. The zero-order valence-corrected chi connectivity index (χ0v) is 11.9. The van der Waals surface area contributed by atoms with Crippen LogP contribution < -0.4 is 9.47 Å². The van der Waals surface area contributed by atoms with E-state index in [1.807, 2.05) is 6.07 Å². The zero-order valence-electron chi connectivity index (χ0n) is 11.9. The van der Waals surface area contributed by atoms with Crippen molar-refractivity contribution in [3.8, 4) is 11.5 Å². The van der Waals surface area contributed by atoms with Crippen molar-refractivity contribution in [2.45, 2.75) is 12.8 Å². The number of carboxylic acid groups (broad SMARTS) is 1. The summed E-state index contributed by atoms with van der Waals surface area (Å²) < 4.78 is 10.4. The second kappa shape index (κ2) is 7.37. The highest BCUT2D eigenvalue weighted by Crippen LogP contribution is 2.25. The molecule has 1 aromatic carbocycles. The van der Waals surface area contributed by atoms with Gasteiger partial charge < -0.3 is 19.5 Å². The van der Waals surface area contributed by atoms with Gasteiger partial charge in [-0.15, -0.1) is 0 Å². The van der Waals surface area contributed by atoms with Crippen LogP contribution in [-0.2, 0) is 16.0 Å². The van der Waals surface area contributed by atoms with E-state index in [-0.39, 0.29) is 18.9 Å². The molecule has 0 saturated carbocycles. The van der Waals surface area contributed by atoms with Crippen molar-refractivity contribution in [2.75, 3.05) is 27.8 Å². The zero-order chi connectivity index (χ0) is 15.1. The molecule has 0 bridgehead atoms. The van der Waals surface area contributed by atoms with Gasteiger partial charge in [0.2, 0.25) is 5.91 Å². The van der Waals surface area contributed by atoms with Crippen LogP contribution in [0, 0.1) is 0 Å². The Hall–Kier alpha value is -2.24. The molecule has 20 heavy (non-hydrogen) atoms. The van der Waals surface area contributed by atoms with Crippen LogP contribution in [0.15, 0.2) is 18.2 Å². The Balaban J connectivity index is 2.68. The number of ether oxygens (including phenoxy) is 2. The average molecular weight is 281 g/mol. The van der Waals surface area contributed by atoms with E-state index in [9.17, 15) is 9.59 Å². The Labute approximate surface area is 117 Å². The molecular weight excluding hydrogens is 262 g/mol. The first-order valence-electron chi connectivity index (χ1n) is 6.14. The van der Waals surface area contributed by atoms with Gasteiger partial charge in [-0.05, 0) is 30.2 Å². The predicted molar refractivity (Wildman–Crippen MR) is 73.1 cm³/mol. The van der Waals surface area contributed by atoms with E-state index < -0.39 is 5.97 Å². The standard InChI is InChI=1S/C14H19NO5/c1-15(9-14(17)18)13(16)7-4-10-8-11(19-2)5-6-12(10)20-3/h5-6,8H,4,7,9H2,1-3H3,(H,17,18). The molecule has 0 unspecified atom stereocenters. The first-order valence-corrected chi connectivity index (χ1v) is 6.14. The number of benzene rings is 1. The Morgan fingerprint density at radius 2 is 1.95 bits per heavy atom. The summed E-state index contributed by atoms with van der Waals surface area (Å²) in [5, 5.41) is 8.64.